The van der Waals surface area contributed by atoms with Crippen molar-refractivity contribution < 1.29 is 13.9 Å². The van der Waals surface area contributed by atoms with Gasteiger partial charge in [-0.05, 0) is 23.8 Å². The summed E-state index contributed by atoms with van der Waals surface area (Å²) >= 11 is 0. The predicted octanol–water partition coefficient (Wildman–Crippen LogP) is 1.13. The molecule has 1 aromatic carbocycles. The standard InChI is InChI=1S/C14H17F2N3O/c1-19-3-2-13(18-19)7-14(8-17,9-20)10-4-11(15)6-12(16)5-10/h2-6,20H,7-9,17H2,1H3. The molecule has 0 saturated carbocycles. The molecule has 0 bridgehead atoms. The minimum Gasteiger partial charge on any atom is -0.395 e. The number of aryl methyl sites for hydroxylation is 1. The lowest BCUT2D eigenvalue weighted by Crippen LogP contribution is -2.41. The van der Waals surface area contributed by atoms with E-state index in [9.17, 15) is 13.9 Å². The third-order valence-electron chi connectivity index (χ3n) is 3.46. The fourth-order valence-electron chi connectivity index (χ4n) is 2.27. The highest BCUT2D eigenvalue weighted by Gasteiger charge is 2.32. The van der Waals surface area contributed by atoms with Gasteiger partial charge in [-0.25, -0.2) is 8.78 Å². The van der Waals surface area contributed by atoms with Crippen molar-refractivity contribution in [1.29, 1.82) is 0 Å². The molecule has 3 N–H and O–H groups in total. The minimum absolute atomic E-state index is 0.0585. The van der Waals surface area contributed by atoms with Crippen LogP contribution in [0.5, 0.6) is 0 Å². The van der Waals surface area contributed by atoms with Gasteiger partial charge in [-0.15, -0.1) is 0 Å². The molecule has 0 aliphatic carbocycles. The number of nitrogens with zero attached hydrogens (tertiary/aromatic N) is 2. The molecule has 4 nitrogen and oxygen atoms in total. The Bertz CT molecular complexity index is 574. The number of benzene rings is 1. The highest BCUT2D eigenvalue weighted by atomic mass is 19.1. The molecule has 108 valence electrons. The summed E-state index contributed by atoms with van der Waals surface area (Å²) in [7, 11) is 1.77. The van der Waals surface area contributed by atoms with Gasteiger partial charge in [0.25, 0.3) is 0 Å². The van der Waals surface area contributed by atoms with Gasteiger partial charge in [0.2, 0.25) is 0 Å². The third kappa shape index (κ3) is 2.86. The Morgan fingerprint density at radius 1 is 1.30 bits per heavy atom. The zero-order valence-corrected chi connectivity index (χ0v) is 11.2. The molecule has 20 heavy (non-hydrogen) atoms. The molecule has 0 fully saturated rings. The first-order chi connectivity index (χ1) is 9.49. The number of aromatic nitrogens is 2. The Kier molecular flexibility index (Phi) is 4.15. The van der Waals surface area contributed by atoms with E-state index in [0.717, 1.165) is 6.07 Å². The van der Waals surface area contributed by atoms with Crippen molar-refractivity contribution in [3.63, 3.8) is 0 Å². The number of rotatable bonds is 5. The Hall–Kier alpha value is -1.79. The summed E-state index contributed by atoms with van der Waals surface area (Å²) in [4.78, 5) is 0. The quantitative estimate of drug-likeness (QED) is 0.863. The molecule has 0 radical (unpaired) electrons. The van der Waals surface area contributed by atoms with E-state index >= 15 is 0 Å². The molecule has 2 rings (SSSR count). The van der Waals surface area contributed by atoms with E-state index in [1.54, 1.807) is 24.0 Å². The first-order valence-electron chi connectivity index (χ1n) is 6.25. The topological polar surface area (TPSA) is 64.1 Å². The summed E-state index contributed by atoms with van der Waals surface area (Å²) in [6.45, 7) is -0.258. The second kappa shape index (κ2) is 5.68. The fourth-order valence-corrected chi connectivity index (χ4v) is 2.27. The van der Waals surface area contributed by atoms with Crippen LogP contribution in [0.15, 0.2) is 30.5 Å². The first-order valence-corrected chi connectivity index (χ1v) is 6.25. The van der Waals surface area contributed by atoms with E-state index in [-0.39, 0.29) is 13.2 Å². The van der Waals surface area contributed by atoms with Crippen molar-refractivity contribution in [1.82, 2.24) is 9.78 Å². The molecule has 2 aromatic rings. The maximum atomic E-state index is 13.4. The van der Waals surface area contributed by atoms with Crippen molar-refractivity contribution in [2.45, 2.75) is 11.8 Å². The average molecular weight is 281 g/mol. The van der Waals surface area contributed by atoms with E-state index in [2.05, 4.69) is 5.10 Å². The SMILES string of the molecule is Cn1ccc(CC(CN)(CO)c2cc(F)cc(F)c2)n1. The Morgan fingerprint density at radius 3 is 2.40 bits per heavy atom. The van der Waals surface area contributed by atoms with E-state index < -0.39 is 17.0 Å². The van der Waals surface area contributed by atoms with Gasteiger partial charge in [0.1, 0.15) is 11.6 Å². The summed E-state index contributed by atoms with van der Waals surface area (Å²) in [6, 6.07) is 4.99. The Balaban J connectivity index is 2.42. The summed E-state index contributed by atoms with van der Waals surface area (Å²) < 4.78 is 28.4. The molecular formula is C14H17F2N3O. The average Bonchev–Trinajstić information content (AvgIpc) is 2.80. The summed E-state index contributed by atoms with van der Waals surface area (Å²) in [5, 5.41) is 13.9. The number of aliphatic hydroxyl groups excluding tert-OH is 1. The fraction of sp³-hybridized carbons (Fsp3) is 0.357. The van der Waals surface area contributed by atoms with Crippen LogP contribution in [0, 0.1) is 11.6 Å². The van der Waals surface area contributed by atoms with Gasteiger partial charge in [0.05, 0.1) is 12.3 Å². The number of halogens is 2. The zero-order valence-electron chi connectivity index (χ0n) is 11.2. The summed E-state index contributed by atoms with van der Waals surface area (Å²) in [5.74, 6) is -1.38. The van der Waals surface area contributed by atoms with E-state index in [1.807, 2.05) is 0 Å². The van der Waals surface area contributed by atoms with Gasteiger partial charge in [-0.3, -0.25) is 4.68 Å². The smallest absolute Gasteiger partial charge is 0.126 e. The van der Waals surface area contributed by atoms with Gasteiger partial charge < -0.3 is 10.8 Å². The molecule has 1 heterocycles. The van der Waals surface area contributed by atoms with Crippen molar-refractivity contribution in [3.8, 4) is 0 Å². The maximum absolute atomic E-state index is 13.4. The normalized spacial score (nSPS) is 14.2. The zero-order chi connectivity index (χ0) is 14.8. The minimum atomic E-state index is -0.947. The van der Waals surface area contributed by atoms with Crippen molar-refractivity contribution >= 4 is 0 Å². The van der Waals surface area contributed by atoms with Crippen LogP contribution in [-0.4, -0.2) is 28.0 Å². The second-order valence-electron chi connectivity index (χ2n) is 4.96. The van der Waals surface area contributed by atoms with Gasteiger partial charge in [0, 0.05) is 37.7 Å². The van der Waals surface area contributed by atoms with Crippen LogP contribution < -0.4 is 5.73 Å². The number of hydrogen-bond donors (Lipinski definition) is 2. The second-order valence-corrected chi connectivity index (χ2v) is 4.96. The lowest BCUT2D eigenvalue weighted by Gasteiger charge is -2.30. The summed E-state index contributed by atoms with van der Waals surface area (Å²) in [5.41, 5.74) is 5.86. The highest BCUT2D eigenvalue weighted by Crippen LogP contribution is 2.28. The van der Waals surface area contributed by atoms with Crippen LogP contribution in [0.2, 0.25) is 0 Å². The molecule has 1 aromatic heterocycles. The molecule has 6 heteroatoms. The van der Waals surface area contributed by atoms with Gasteiger partial charge in [-0.2, -0.15) is 5.10 Å². The van der Waals surface area contributed by atoms with E-state index in [1.165, 1.54) is 12.1 Å². The lowest BCUT2D eigenvalue weighted by atomic mass is 9.77. The monoisotopic (exact) mass is 281 g/mol. The summed E-state index contributed by atoms with van der Waals surface area (Å²) in [6.07, 6.45) is 2.07. The van der Waals surface area contributed by atoms with E-state index in [4.69, 9.17) is 5.73 Å². The van der Waals surface area contributed by atoms with Crippen LogP contribution in [0.25, 0.3) is 0 Å². The number of hydrogen-bond acceptors (Lipinski definition) is 3. The number of aliphatic hydroxyl groups is 1. The number of nitrogens with two attached hydrogens (primary N) is 1. The van der Waals surface area contributed by atoms with Crippen molar-refractivity contribution in [3.05, 3.63) is 53.4 Å². The van der Waals surface area contributed by atoms with Gasteiger partial charge in [-0.1, -0.05) is 0 Å². The molecule has 0 aliphatic heterocycles. The molecule has 1 atom stereocenters. The molecule has 0 amide bonds. The van der Waals surface area contributed by atoms with Crippen molar-refractivity contribution in [2.75, 3.05) is 13.2 Å². The van der Waals surface area contributed by atoms with E-state index in [0.29, 0.717) is 17.7 Å². The van der Waals surface area contributed by atoms with Crippen LogP contribution >= 0.6 is 0 Å². The predicted molar refractivity (Wildman–Crippen MR) is 71.1 cm³/mol. The first kappa shape index (κ1) is 14.6. The van der Waals surface area contributed by atoms with Crippen LogP contribution in [-0.2, 0) is 18.9 Å². The maximum Gasteiger partial charge on any atom is 0.126 e. The largest absolute Gasteiger partial charge is 0.395 e. The third-order valence-corrected chi connectivity index (χ3v) is 3.46. The van der Waals surface area contributed by atoms with Crippen LogP contribution in [0.3, 0.4) is 0 Å². The molecular weight excluding hydrogens is 264 g/mol. The van der Waals surface area contributed by atoms with Crippen LogP contribution in [0.1, 0.15) is 11.3 Å². The van der Waals surface area contributed by atoms with Crippen molar-refractivity contribution in [2.24, 2.45) is 12.8 Å². The Labute approximate surface area is 115 Å². The molecule has 0 aliphatic rings. The van der Waals surface area contributed by atoms with Crippen LogP contribution in [0.4, 0.5) is 8.78 Å². The molecule has 1 unspecified atom stereocenters. The molecule has 0 saturated heterocycles. The van der Waals surface area contributed by atoms with Gasteiger partial charge in [0.15, 0.2) is 0 Å². The highest BCUT2D eigenvalue weighted by molar-refractivity contribution is 5.30. The Morgan fingerprint density at radius 2 is 1.95 bits per heavy atom. The molecule has 0 spiro atoms. The lowest BCUT2D eigenvalue weighted by molar-refractivity contribution is 0.194. The van der Waals surface area contributed by atoms with Gasteiger partial charge >= 0.3 is 0 Å².